The predicted molar refractivity (Wildman–Crippen MR) is 47.8 cm³/mol. The molecule has 0 spiro atoms. The van der Waals surface area contributed by atoms with Crippen molar-refractivity contribution in [2.75, 3.05) is 0 Å². The van der Waals surface area contributed by atoms with E-state index in [1.165, 1.54) is 12.1 Å². The highest BCUT2D eigenvalue weighted by Crippen LogP contribution is 2.43. The zero-order valence-electron chi connectivity index (χ0n) is 6.94. The first-order chi connectivity index (χ1) is 5.39. The van der Waals surface area contributed by atoms with Crippen LogP contribution < -0.4 is 0 Å². The Labute approximate surface area is 73.2 Å². The summed E-state index contributed by atoms with van der Waals surface area (Å²) < 4.78 is 28.4. The molecule has 0 aromatic heterocycles. The van der Waals surface area contributed by atoms with E-state index >= 15 is 0 Å². The summed E-state index contributed by atoms with van der Waals surface area (Å²) in [5.74, 6) is 0. The summed E-state index contributed by atoms with van der Waals surface area (Å²) in [6.45, 7) is 3.61. The fraction of sp³-hybridized carbons (Fsp3) is 0.250. The molecule has 0 atom stereocenters. The van der Waals surface area contributed by atoms with E-state index in [4.69, 9.17) is 9.11 Å². The summed E-state index contributed by atoms with van der Waals surface area (Å²) in [7, 11) is -3.80. The third-order valence-electron chi connectivity index (χ3n) is 1.50. The lowest BCUT2D eigenvalue weighted by Crippen LogP contribution is -1.96. The van der Waals surface area contributed by atoms with Crippen molar-refractivity contribution in [3.05, 3.63) is 29.3 Å². The Morgan fingerprint density at radius 2 is 1.50 bits per heavy atom. The number of benzene rings is 1. The van der Waals surface area contributed by atoms with Gasteiger partial charge in [0.2, 0.25) is 0 Å². The van der Waals surface area contributed by atoms with E-state index in [2.05, 4.69) is 0 Å². The van der Waals surface area contributed by atoms with Crippen LogP contribution in [0.3, 0.4) is 0 Å². The molecule has 4 heteroatoms. The first-order valence-electron chi connectivity index (χ1n) is 3.47. The van der Waals surface area contributed by atoms with E-state index in [9.17, 15) is 4.55 Å². The predicted octanol–water partition coefficient (Wildman–Crippen LogP) is 2.54. The van der Waals surface area contributed by atoms with Crippen molar-refractivity contribution in [1.82, 2.24) is 0 Å². The van der Waals surface area contributed by atoms with Gasteiger partial charge in [-0.05, 0) is 37.1 Å². The van der Waals surface area contributed by atoms with Crippen molar-refractivity contribution in [2.45, 2.75) is 18.7 Å². The van der Waals surface area contributed by atoms with E-state index in [0.29, 0.717) is 0 Å². The first kappa shape index (κ1) is 9.54. The Bertz CT molecular complexity index is 271. The maximum absolute atomic E-state index is 10.8. The fourth-order valence-electron chi connectivity index (χ4n) is 1.09. The molecule has 68 valence electrons. The van der Waals surface area contributed by atoms with Gasteiger partial charge in [0, 0.05) is 4.90 Å². The van der Waals surface area contributed by atoms with Gasteiger partial charge in [-0.25, -0.2) is 0 Å². The average molecular weight is 187 g/mol. The van der Waals surface area contributed by atoms with Crippen LogP contribution in [0, 0.1) is 13.8 Å². The average Bonchev–Trinajstić information content (AvgIpc) is 1.82. The molecule has 0 aliphatic carbocycles. The second-order valence-electron chi connectivity index (χ2n) is 2.82. The van der Waals surface area contributed by atoms with Crippen molar-refractivity contribution >= 4 is 10.9 Å². The topological polar surface area (TPSA) is 63.5 Å². The largest absolute Gasteiger partial charge is 0.769 e. The van der Waals surface area contributed by atoms with Gasteiger partial charge in [-0.3, -0.25) is 0 Å². The molecule has 0 saturated heterocycles. The Morgan fingerprint density at radius 1 is 1.08 bits per heavy atom. The number of hydrogen-bond donors (Lipinski definition) is 2. The summed E-state index contributed by atoms with van der Waals surface area (Å²) in [6, 6.07) is 4.86. The van der Waals surface area contributed by atoms with Crippen molar-refractivity contribution < 1.29 is 13.7 Å². The Hall–Kier alpha value is -0.550. The molecule has 0 fully saturated rings. The van der Waals surface area contributed by atoms with Crippen LogP contribution in [0.2, 0.25) is 0 Å². The lowest BCUT2D eigenvalue weighted by Gasteiger charge is -2.33. The summed E-state index contributed by atoms with van der Waals surface area (Å²) in [4.78, 5) is 0.0694. The molecule has 12 heavy (non-hydrogen) atoms. The number of rotatable bonds is 1. The number of hydrogen-bond acceptors (Lipinski definition) is 3. The van der Waals surface area contributed by atoms with Crippen LogP contribution in [0.5, 0.6) is 0 Å². The summed E-state index contributed by atoms with van der Waals surface area (Å²) in [6.07, 6.45) is 0. The van der Waals surface area contributed by atoms with Crippen LogP contribution in [-0.4, -0.2) is 13.7 Å². The molecule has 0 heterocycles. The molecule has 0 saturated carbocycles. The molecule has 2 N–H and O–H groups in total. The normalized spacial score (nSPS) is 13.1. The molecule has 0 aliphatic rings. The van der Waals surface area contributed by atoms with E-state index in [1.807, 2.05) is 19.9 Å². The van der Waals surface area contributed by atoms with Gasteiger partial charge in [0.05, 0.1) is 0 Å². The smallest absolute Gasteiger partial charge is 0.0240 e. The van der Waals surface area contributed by atoms with E-state index in [1.54, 1.807) is 0 Å². The highest BCUT2D eigenvalue weighted by molar-refractivity contribution is 8.19. The molecule has 3 nitrogen and oxygen atoms in total. The Kier molecular flexibility index (Phi) is 2.44. The Morgan fingerprint density at radius 3 is 1.83 bits per heavy atom. The quantitative estimate of drug-likeness (QED) is 0.710. The molecule has 0 amide bonds. The minimum absolute atomic E-state index is 0.0694. The van der Waals surface area contributed by atoms with Crippen LogP contribution in [-0.2, 0) is 0 Å². The third kappa shape index (κ3) is 2.22. The van der Waals surface area contributed by atoms with Crippen LogP contribution in [0.15, 0.2) is 23.1 Å². The summed E-state index contributed by atoms with van der Waals surface area (Å²) in [5.41, 5.74) is 1.72. The zero-order chi connectivity index (χ0) is 9.35. The fourth-order valence-corrected chi connectivity index (χ4v) is 1.77. The Balaban J connectivity index is 3.18. The van der Waals surface area contributed by atoms with Crippen molar-refractivity contribution in [2.24, 2.45) is 0 Å². The molecule has 0 unspecified atom stereocenters. The van der Waals surface area contributed by atoms with Gasteiger partial charge in [0.15, 0.2) is 0 Å². The molecular formula is C8H11O3S-. The van der Waals surface area contributed by atoms with Crippen LogP contribution in [0.25, 0.3) is 0 Å². The maximum Gasteiger partial charge on any atom is 0.0240 e. The monoisotopic (exact) mass is 187 g/mol. The van der Waals surface area contributed by atoms with E-state index < -0.39 is 10.9 Å². The van der Waals surface area contributed by atoms with E-state index in [0.717, 1.165) is 11.1 Å². The van der Waals surface area contributed by atoms with Crippen LogP contribution in [0.1, 0.15) is 11.1 Å². The summed E-state index contributed by atoms with van der Waals surface area (Å²) >= 11 is 0. The lowest BCUT2D eigenvalue weighted by atomic mass is 10.2. The lowest BCUT2D eigenvalue weighted by molar-refractivity contribution is 0.360. The second-order valence-corrected chi connectivity index (χ2v) is 4.28. The van der Waals surface area contributed by atoms with Gasteiger partial charge in [0.1, 0.15) is 0 Å². The zero-order valence-corrected chi connectivity index (χ0v) is 7.76. The first-order valence-corrected chi connectivity index (χ1v) is 4.94. The van der Waals surface area contributed by atoms with Crippen molar-refractivity contribution in [3.8, 4) is 0 Å². The highest BCUT2D eigenvalue weighted by atomic mass is 32.3. The highest BCUT2D eigenvalue weighted by Gasteiger charge is 2.05. The molecule has 1 aromatic carbocycles. The number of aryl methyl sites for hydroxylation is 2. The second kappa shape index (κ2) is 3.06. The van der Waals surface area contributed by atoms with Gasteiger partial charge in [0.25, 0.3) is 0 Å². The van der Waals surface area contributed by atoms with Crippen LogP contribution in [0.4, 0.5) is 0 Å². The van der Waals surface area contributed by atoms with Gasteiger partial charge < -0.3 is 13.7 Å². The molecule has 0 bridgehead atoms. The van der Waals surface area contributed by atoms with Gasteiger partial charge in [-0.15, -0.1) is 0 Å². The molecule has 1 rings (SSSR count). The maximum atomic E-state index is 10.8. The third-order valence-corrected chi connectivity index (χ3v) is 2.35. The standard InChI is InChI=1S/C8H12O3S/c1-6-3-7(2)5-8(4-6)12(9,10)11/h3-5,9-11H,1-2H3/p-1. The molecule has 1 aromatic rings. The van der Waals surface area contributed by atoms with Gasteiger partial charge in [-0.1, -0.05) is 16.9 Å². The molecular weight excluding hydrogens is 176 g/mol. The molecule has 0 radical (unpaired) electrons. The summed E-state index contributed by atoms with van der Waals surface area (Å²) in [5, 5.41) is 0. The molecule has 0 aliphatic heterocycles. The minimum atomic E-state index is -3.80. The van der Waals surface area contributed by atoms with Gasteiger partial charge >= 0.3 is 0 Å². The van der Waals surface area contributed by atoms with Crippen molar-refractivity contribution in [1.29, 1.82) is 0 Å². The van der Waals surface area contributed by atoms with E-state index in [-0.39, 0.29) is 4.90 Å². The van der Waals surface area contributed by atoms with Gasteiger partial charge in [-0.2, -0.15) is 0 Å². The van der Waals surface area contributed by atoms with Crippen LogP contribution >= 0.6 is 10.9 Å². The SMILES string of the molecule is Cc1cc(C)cc(S([O-])(O)O)c1. The van der Waals surface area contributed by atoms with Crippen molar-refractivity contribution in [3.63, 3.8) is 0 Å². The minimum Gasteiger partial charge on any atom is -0.769 e.